The number of hydrogen-bond donors (Lipinski definition) is 2. The Bertz CT molecular complexity index is 726. The first kappa shape index (κ1) is 45.0. The zero-order valence-electron chi connectivity index (χ0n) is 30.0. The van der Waals surface area contributed by atoms with Crippen LogP contribution in [0.4, 0.5) is 0 Å². The van der Waals surface area contributed by atoms with Gasteiger partial charge in [-0.1, -0.05) is 181 Å². The minimum absolute atomic E-state index is 0.220. The molecule has 8 nitrogen and oxygen atoms in total. The zero-order valence-corrected chi connectivity index (χ0v) is 30.9. The highest BCUT2D eigenvalue weighted by molar-refractivity contribution is 7.46. The number of carbonyl (C=O) groups is 2. The highest BCUT2D eigenvalue weighted by Crippen LogP contribution is 2.36. The van der Waals surface area contributed by atoms with Crippen molar-refractivity contribution in [2.24, 2.45) is 0 Å². The van der Waals surface area contributed by atoms with Crippen molar-refractivity contribution in [3.8, 4) is 0 Å². The lowest BCUT2D eigenvalue weighted by Crippen LogP contribution is -2.29. The molecule has 2 N–H and O–H groups in total. The maximum absolute atomic E-state index is 12.4. The van der Waals surface area contributed by atoms with Crippen LogP contribution in [0.5, 0.6) is 0 Å². The Kier molecular flexibility index (Phi) is 33.2. The zero-order chi connectivity index (χ0) is 34.0. The van der Waals surface area contributed by atoms with Crippen molar-refractivity contribution in [2.45, 2.75) is 213 Å². The van der Waals surface area contributed by atoms with E-state index < -0.39 is 32.5 Å². The molecule has 0 aliphatic heterocycles. The molecule has 0 saturated heterocycles. The van der Waals surface area contributed by atoms with Gasteiger partial charge in [0.05, 0.1) is 6.61 Å². The Balaban J connectivity index is 3.91. The normalized spacial score (nSPS) is 12.3. The van der Waals surface area contributed by atoms with Crippen molar-refractivity contribution in [1.29, 1.82) is 0 Å². The maximum atomic E-state index is 12.4. The summed E-state index contributed by atoms with van der Waals surface area (Å²) in [4.78, 5) is 42.7. The summed E-state index contributed by atoms with van der Waals surface area (Å²) in [5.74, 6) is -0.871. The molecule has 0 rings (SSSR count). The van der Waals surface area contributed by atoms with E-state index in [4.69, 9.17) is 19.3 Å². The lowest BCUT2D eigenvalue weighted by molar-refractivity contribution is -0.161. The van der Waals surface area contributed by atoms with Gasteiger partial charge in [-0.3, -0.25) is 14.1 Å². The number of carbonyl (C=O) groups excluding carboxylic acids is 2. The minimum Gasteiger partial charge on any atom is -0.462 e. The lowest BCUT2D eigenvalue weighted by Gasteiger charge is -2.18. The molecule has 46 heavy (non-hydrogen) atoms. The molecule has 0 heterocycles. The van der Waals surface area contributed by atoms with E-state index in [9.17, 15) is 14.2 Å². The third kappa shape index (κ3) is 35.9. The first-order valence-corrected chi connectivity index (χ1v) is 20.9. The summed E-state index contributed by atoms with van der Waals surface area (Å²) in [6, 6.07) is 0. The number of esters is 2. The van der Waals surface area contributed by atoms with Crippen molar-refractivity contribution in [1.82, 2.24) is 0 Å². The van der Waals surface area contributed by atoms with E-state index in [1.54, 1.807) is 0 Å². The summed E-state index contributed by atoms with van der Waals surface area (Å²) in [5.41, 5.74) is 0. The molecule has 0 amide bonds. The minimum atomic E-state index is -4.74. The van der Waals surface area contributed by atoms with Gasteiger partial charge in [0.2, 0.25) is 0 Å². The van der Waals surface area contributed by atoms with E-state index in [0.717, 1.165) is 32.1 Å². The molecule has 0 aliphatic carbocycles. The Morgan fingerprint density at radius 3 is 1.11 bits per heavy atom. The average Bonchev–Trinajstić information content (AvgIpc) is 3.02. The van der Waals surface area contributed by atoms with Gasteiger partial charge in [-0.2, -0.15) is 0 Å². The van der Waals surface area contributed by atoms with Crippen LogP contribution in [0.25, 0.3) is 0 Å². The first-order valence-electron chi connectivity index (χ1n) is 19.3. The molecule has 0 unspecified atom stereocenters. The van der Waals surface area contributed by atoms with Gasteiger partial charge in [0.25, 0.3) is 0 Å². The monoisotopic (exact) mass is 677 g/mol. The number of phosphoric ester groups is 1. The van der Waals surface area contributed by atoms with Crippen molar-refractivity contribution in [3.05, 3.63) is 0 Å². The van der Waals surface area contributed by atoms with Crippen molar-refractivity contribution in [2.75, 3.05) is 13.2 Å². The van der Waals surface area contributed by atoms with Gasteiger partial charge in [0.15, 0.2) is 6.10 Å². The van der Waals surface area contributed by atoms with Crippen LogP contribution in [0.1, 0.15) is 206 Å². The van der Waals surface area contributed by atoms with Gasteiger partial charge in [-0.15, -0.1) is 0 Å². The van der Waals surface area contributed by atoms with Gasteiger partial charge in [0, 0.05) is 12.8 Å². The van der Waals surface area contributed by atoms with Crippen LogP contribution in [-0.2, 0) is 28.2 Å². The van der Waals surface area contributed by atoms with Crippen LogP contribution in [0.15, 0.2) is 0 Å². The fraction of sp³-hybridized carbons (Fsp3) is 0.946. The topological polar surface area (TPSA) is 119 Å². The number of phosphoric acid groups is 1. The van der Waals surface area contributed by atoms with Crippen molar-refractivity contribution >= 4 is 19.8 Å². The first-order chi connectivity index (χ1) is 22.3. The van der Waals surface area contributed by atoms with Gasteiger partial charge in [-0.25, -0.2) is 4.57 Å². The molecule has 0 aromatic heterocycles. The number of ether oxygens (including phenoxy) is 2. The molecule has 274 valence electrons. The van der Waals surface area contributed by atoms with Gasteiger partial charge >= 0.3 is 19.8 Å². The van der Waals surface area contributed by atoms with Gasteiger partial charge < -0.3 is 19.3 Å². The van der Waals surface area contributed by atoms with Crippen LogP contribution >= 0.6 is 7.82 Å². The quantitative estimate of drug-likeness (QED) is 0.0382. The highest BCUT2D eigenvalue weighted by Gasteiger charge is 2.22. The second-order valence-electron chi connectivity index (χ2n) is 13.3. The summed E-state index contributed by atoms with van der Waals surface area (Å²) >= 11 is 0. The third-order valence-electron chi connectivity index (χ3n) is 8.63. The van der Waals surface area contributed by atoms with E-state index in [-0.39, 0.29) is 19.4 Å². The highest BCUT2D eigenvalue weighted by atomic mass is 31.2. The van der Waals surface area contributed by atoms with Crippen molar-refractivity contribution in [3.63, 3.8) is 0 Å². The van der Waals surface area contributed by atoms with Gasteiger partial charge in [0.1, 0.15) is 6.61 Å². The second-order valence-corrected chi connectivity index (χ2v) is 14.5. The summed E-state index contributed by atoms with van der Waals surface area (Å²) in [6.07, 6.45) is 33.9. The predicted octanol–water partition coefficient (Wildman–Crippen LogP) is 11.3. The molecule has 0 aliphatic rings. The largest absolute Gasteiger partial charge is 0.469 e. The molecule has 0 radical (unpaired) electrons. The smallest absolute Gasteiger partial charge is 0.462 e. The summed E-state index contributed by atoms with van der Waals surface area (Å²) in [7, 11) is -4.74. The van der Waals surface area contributed by atoms with E-state index in [2.05, 4.69) is 18.4 Å². The molecule has 1 atom stereocenters. The van der Waals surface area contributed by atoms with E-state index in [1.165, 1.54) is 141 Å². The summed E-state index contributed by atoms with van der Waals surface area (Å²) < 4.78 is 26.3. The predicted molar refractivity (Wildman–Crippen MR) is 189 cm³/mol. The van der Waals surface area contributed by atoms with Crippen LogP contribution in [0.3, 0.4) is 0 Å². The molecule has 9 heteroatoms. The van der Waals surface area contributed by atoms with Gasteiger partial charge in [-0.05, 0) is 12.8 Å². The maximum Gasteiger partial charge on any atom is 0.469 e. The second kappa shape index (κ2) is 33.9. The molecular formula is C37H73O8P. The van der Waals surface area contributed by atoms with E-state index >= 15 is 0 Å². The molecular weight excluding hydrogens is 603 g/mol. The third-order valence-corrected chi connectivity index (χ3v) is 9.11. The van der Waals surface area contributed by atoms with E-state index in [1.807, 2.05) is 0 Å². The van der Waals surface area contributed by atoms with Crippen LogP contribution < -0.4 is 0 Å². The van der Waals surface area contributed by atoms with Crippen LogP contribution in [0.2, 0.25) is 0 Å². The molecule has 0 aromatic carbocycles. The molecule has 0 aromatic rings. The summed E-state index contributed by atoms with van der Waals surface area (Å²) in [6.45, 7) is 3.70. The summed E-state index contributed by atoms with van der Waals surface area (Å²) in [5, 5.41) is 0. The van der Waals surface area contributed by atoms with Crippen molar-refractivity contribution < 1.29 is 37.9 Å². The number of hydrogen-bond acceptors (Lipinski definition) is 6. The SMILES string of the molecule is CCCCCCCCCCCCCCCCCC(=O)O[C@@H](COC(=O)CCCCCCCCCCCCCCC)COP(=O)(O)O. The van der Waals surface area contributed by atoms with Crippen LogP contribution in [0, 0.1) is 0 Å². The fourth-order valence-electron chi connectivity index (χ4n) is 5.73. The average molecular weight is 677 g/mol. The molecule has 0 fully saturated rings. The number of rotatable bonds is 36. The Labute approximate surface area is 283 Å². The van der Waals surface area contributed by atoms with Crippen LogP contribution in [-0.4, -0.2) is 41.0 Å². The molecule has 0 bridgehead atoms. The lowest BCUT2D eigenvalue weighted by atomic mass is 10.0. The fourth-order valence-corrected chi connectivity index (χ4v) is 6.09. The Morgan fingerprint density at radius 2 is 0.783 bits per heavy atom. The molecule has 0 saturated carbocycles. The van der Waals surface area contributed by atoms with E-state index in [0.29, 0.717) is 6.42 Å². The number of unbranched alkanes of at least 4 members (excludes halogenated alkanes) is 26. The standard InChI is InChI=1S/C37H73O8P/c1-3-5-7-9-11-13-15-17-18-20-22-24-26-28-30-32-37(39)45-35(34-44-46(40,41)42)33-43-36(38)31-29-27-25-23-21-19-16-14-12-10-8-6-4-2/h35H,3-34H2,1-2H3,(H2,40,41,42)/t35-/m0/s1. The molecule has 0 spiro atoms. The Hall–Kier alpha value is -0.950. The Morgan fingerprint density at radius 1 is 0.478 bits per heavy atom.